The van der Waals surface area contributed by atoms with Gasteiger partial charge in [-0.05, 0) is 108 Å². The van der Waals surface area contributed by atoms with Crippen LogP contribution >= 0.6 is 23.2 Å². The molecule has 1 amide bonds. The predicted octanol–water partition coefficient (Wildman–Crippen LogP) is 7.48. The fourth-order valence-electron chi connectivity index (χ4n) is 6.86. The number of nitrogens with zero attached hydrogens (tertiary/aromatic N) is 3. The topological polar surface area (TPSA) is 81.5 Å². The van der Waals surface area contributed by atoms with Gasteiger partial charge in [-0.3, -0.25) is 19.1 Å². The lowest BCUT2D eigenvalue weighted by Crippen LogP contribution is -2.40. The van der Waals surface area contributed by atoms with E-state index in [0.717, 1.165) is 31.4 Å². The standard InChI is InChI=1S/C32H41Cl2N3O4/c1-4-41-30(40)31(3)12-10-23(11-13-31)37-21(2)24(18-35-37)29(39)36(19-22-8-14-32(15-9-22)16-17-32)20-27(38)28-25(33)6-5-7-26(28)34/h5-7,18,22-23H,4,8-17,19-20H2,1-3H3. The minimum Gasteiger partial charge on any atom is -0.466 e. The molecule has 3 fully saturated rings. The van der Waals surface area contributed by atoms with E-state index in [4.69, 9.17) is 27.9 Å². The molecular formula is C32H41Cl2N3O4. The van der Waals surface area contributed by atoms with Crippen molar-refractivity contribution in [2.45, 2.75) is 91.0 Å². The van der Waals surface area contributed by atoms with Crippen LogP contribution in [0.25, 0.3) is 0 Å². The van der Waals surface area contributed by atoms with Gasteiger partial charge in [-0.2, -0.15) is 5.10 Å². The molecule has 1 spiro atoms. The van der Waals surface area contributed by atoms with Gasteiger partial charge in [-0.1, -0.05) is 29.3 Å². The van der Waals surface area contributed by atoms with Crippen molar-refractivity contribution in [1.29, 1.82) is 0 Å². The van der Waals surface area contributed by atoms with Crippen LogP contribution in [-0.2, 0) is 9.53 Å². The second-order valence-electron chi connectivity index (χ2n) is 12.7. The van der Waals surface area contributed by atoms with Crippen molar-refractivity contribution in [2.24, 2.45) is 16.7 Å². The van der Waals surface area contributed by atoms with Crippen LogP contribution in [0.2, 0.25) is 10.0 Å². The van der Waals surface area contributed by atoms with Crippen LogP contribution < -0.4 is 0 Å². The first-order valence-corrected chi connectivity index (χ1v) is 15.8. The lowest BCUT2D eigenvalue weighted by molar-refractivity contribution is -0.156. The van der Waals surface area contributed by atoms with Gasteiger partial charge in [0.25, 0.3) is 5.91 Å². The molecule has 1 aromatic heterocycles. The van der Waals surface area contributed by atoms with E-state index >= 15 is 0 Å². The Labute approximate surface area is 252 Å². The Morgan fingerprint density at radius 1 is 1.02 bits per heavy atom. The van der Waals surface area contributed by atoms with Crippen LogP contribution in [0.15, 0.2) is 24.4 Å². The second kappa shape index (κ2) is 12.1. The molecule has 3 aliphatic rings. The number of carbonyl (C=O) groups is 3. The van der Waals surface area contributed by atoms with Gasteiger partial charge in [-0.15, -0.1) is 0 Å². The summed E-state index contributed by atoms with van der Waals surface area (Å²) in [4.78, 5) is 41.7. The molecule has 3 aliphatic carbocycles. The highest BCUT2D eigenvalue weighted by Crippen LogP contribution is 2.57. The molecule has 0 N–H and O–H groups in total. The third kappa shape index (κ3) is 6.36. The number of benzene rings is 1. The van der Waals surface area contributed by atoms with E-state index in [9.17, 15) is 14.4 Å². The SMILES string of the molecule is CCOC(=O)C1(C)CCC(n2ncc(C(=O)N(CC(=O)c3c(Cl)cccc3Cl)CC3CCC4(CC3)CC4)c2C)CC1. The highest BCUT2D eigenvalue weighted by atomic mass is 35.5. The summed E-state index contributed by atoms with van der Waals surface area (Å²) in [7, 11) is 0. The van der Waals surface area contributed by atoms with Gasteiger partial charge < -0.3 is 9.64 Å². The zero-order chi connectivity index (χ0) is 29.4. The third-order valence-corrected chi connectivity index (χ3v) is 10.5. The van der Waals surface area contributed by atoms with Gasteiger partial charge in [0.15, 0.2) is 5.78 Å². The molecule has 1 aromatic carbocycles. The van der Waals surface area contributed by atoms with Gasteiger partial charge in [-0.25, -0.2) is 0 Å². The van der Waals surface area contributed by atoms with Gasteiger partial charge in [0.2, 0.25) is 0 Å². The van der Waals surface area contributed by atoms with E-state index in [2.05, 4.69) is 5.10 Å². The van der Waals surface area contributed by atoms with Gasteiger partial charge in [0, 0.05) is 12.2 Å². The molecule has 2 aromatic rings. The number of ether oxygens (including phenoxy) is 1. The van der Waals surface area contributed by atoms with E-state index in [0.29, 0.717) is 52.9 Å². The average Bonchev–Trinajstić information content (AvgIpc) is 3.60. The fourth-order valence-corrected chi connectivity index (χ4v) is 7.47. The molecular weight excluding hydrogens is 561 g/mol. The smallest absolute Gasteiger partial charge is 0.311 e. The molecule has 0 atom stereocenters. The maximum atomic E-state index is 14.1. The molecule has 0 saturated heterocycles. The summed E-state index contributed by atoms with van der Waals surface area (Å²) in [6.45, 7) is 6.54. The maximum Gasteiger partial charge on any atom is 0.311 e. The normalized spacial score (nSPS) is 23.8. The summed E-state index contributed by atoms with van der Waals surface area (Å²) in [6, 6.07) is 5.10. The van der Waals surface area contributed by atoms with Crippen LogP contribution in [0.3, 0.4) is 0 Å². The summed E-state index contributed by atoms with van der Waals surface area (Å²) in [5.74, 6) is -0.238. The highest BCUT2D eigenvalue weighted by molar-refractivity contribution is 6.40. The van der Waals surface area contributed by atoms with Crippen LogP contribution in [0, 0.1) is 23.7 Å². The van der Waals surface area contributed by atoms with E-state index in [1.807, 2.05) is 25.5 Å². The number of rotatable bonds is 9. The number of esters is 1. The van der Waals surface area contributed by atoms with Crippen molar-refractivity contribution in [1.82, 2.24) is 14.7 Å². The lowest BCUT2D eigenvalue weighted by Gasteiger charge is -2.35. The minimum absolute atomic E-state index is 0.0874. The quantitative estimate of drug-likeness (QED) is 0.220. The van der Waals surface area contributed by atoms with Crippen LogP contribution in [-0.4, -0.2) is 52.0 Å². The minimum atomic E-state index is -0.484. The third-order valence-electron chi connectivity index (χ3n) is 9.91. The summed E-state index contributed by atoms with van der Waals surface area (Å²) >= 11 is 12.7. The Bertz CT molecular complexity index is 1280. The summed E-state index contributed by atoms with van der Waals surface area (Å²) < 4.78 is 7.24. The second-order valence-corrected chi connectivity index (χ2v) is 13.6. The van der Waals surface area contributed by atoms with Gasteiger partial charge >= 0.3 is 5.97 Å². The molecule has 0 aliphatic heterocycles. The number of carbonyl (C=O) groups excluding carboxylic acids is 3. The van der Waals surface area contributed by atoms with E-state index < -0.39 is 5.41 Å². The molecule has 7 nitrogen and oxygen atoms in total. The number of hydrogen-bond donors (Lipinski definition) is 0. The van der Waals surface area contributed by atoms with Gasteiger partial charge in [0.1, 0.15) is 0 Å². The Morgan fingerprint density at radius 3 is 2.24 bits per heavy atom. The largest absolute Gasteiger partial charge is 0.466 e. The van der Waals surface area contributed by atoms with Crippen LogP contribution in [0.4, 0.5) is 0 Å². The maximum absolute atomic E-state index is 14.1. The summed E-state index contributed by atoms with van der Waals surface area (Å²) in [5.41, 5.74) is 1.62. The molecule has 1 heterocycles. The Balaban J connectivity index is 1.33. The van der Waals surface area contributed by atoms with E-state index in [1.165, 1.54) is 25.7 Å². The summed E-state index contributed by atoms with van der Waals surface area (Å²) in [6.07, 6.45) is 11.8. The number of halogens is 2. The Kier molecular flexibility index (Phi) is 8.87. The van der Waals surface area contributed by atoms with E-state index in [-0.39, 0.29) is 35.8 Å². The Hall–Kier alpha value is -2.38. The van der Waals surface area contributed by atoms with Crippen LogP contribution in [0.5, 0.6) is 0 Å². The molecule has 0 bridgehead atoms. The monoisotopic (exact) mass is 601 g/mol. The number of amides is 1. The molecule has 9 heteroatoms. The van der Waals surface area contributed by atoms with Crippen molar-refractivity contribution in [3.05, 3.63) is 51.3 Å². The van der Waals surface area contributed by atoms with Crippen molar-refractivity contribution >= 4 is 40.9 Å². The number of ketones is 1. The van der Waals surface area contributed by atoms with Crippen molar-refractivity contribution < 1.29 is 19.1 Å². The molecule has 0 unspecified atom stereocenters. The van der Waals surface area contributed by atoms with Gasteiger partial charge in [0.05, 0.1) is 52.0 Å². The molecule has 222 valence electrons. The first kappa shape index (κ1) is 30.1. The number of aromatic nitrogens is 2. The molecule has 41 heavy (non-hydrogen) atoms. The zero-order valence-corrected chi connectivity index (χ0v) is 25.9. The van der Waals surface area contributed by atoms with Crippen molar-refractivity contribution in [3.63, 3.8) is 0 Å². The van der Waals surface area contributed by atoms with E-state index in [1.54, 1.807) is 29.3 Å². The molecule has 5 rings (SSSR count). The highest BCUT2D eigenvalue weighted by Gasteiger charge is 2.45. The van der Waals surface area contributed by atoms with Crippen LogP contribution in [0.1, 0.15) is 111 Å². The molecule has 0 radical (unpaired) electrons. The Morgan fingerprint density at radius 2 is 1.66 bits per heavy atom. The number of Topliss-reactive ketones (excluding diaryl/α,β-unsaturated/α-hetero) is 1. The summed E-state index contributed by atoms with van der Waals surface area (Å²) in [5, 5.41) is 5.22. The zero-order valence-electron chi connectivity index (χ0n) is 24.4. The average molecular weight is 603 g/mol. The number of hydrogen-bond acceptors (Lipinski definition) is 5. The van der Waals surface area contributed by atoms with Crippen molar-refractivity contribution in [3.8, 4) is 0 Å². The fraction of sp³-hybridized carbons (Fsp3) is 0.625. The van der Waals surface area contributed by atoms with Crippen molar-refractivity contribution in [2.75, 3.05) is 19.7 Å². The first-order valence-electron chi connectivity index (χ1n) is 15.0. The molecule has 3 saturated carbocycles. The lowest BCUT2D eigenvalue weighted by atomic mass is 9.74. The predicted molar refractivity (Wildman–Crippen MR) is 160 cm³/mol. The first-order chi connectivity index (χ1) is 19.6.